The third-order valence-corrected chi connectivity index (χ3v) is 3.29. The molecule has 1 aromatic carbocycles. The molecule has 0 aromatic heterocycles. The van der Waals surface area contributed by atoms with Gasteiger partial charge < -0.3 is 19.5 Å². The number of methoxy groups -OCH3 is 2. The Bertz CT molecular complexity index is 533. The van der Waals surface area contributed by atoms with E-state index in [9.17, 15) is 9.59 Å². The van der Waals surface area contributed by atoms with E-state index in [0.717, 1.165) is 24.2 Å². The zero-order valence-electron chi connectivity index (χ0n) is 15.0. The zero-order chi connectivity index (χ0) is 18.2. The number of aryl methyl sites for hydroxylation is 1. The van der Waals surface area contributed by atoms with Crippen LogP contribution in [0.4, 0.5) is 4.79 Å². The Balaban J connectivity index is 2.53. The summed E-state index contributed by atoms with van der Waals surface area (Å²) in [5, 5.41) is 2.57. The minimum atomic E-state index is -0.719. The summed E-state index contributed by atoms with van der Waals surface area (Å²) in [5.41, 5.74) is 0.519. The van der Waals surface area contributed by atoms with Gasteiger partial charge >= 0.3 is 12.1 Å². The minimum absolute atomic E-state index is 0.470. The highest BCUT2D eigenvalue weighted by molar-refractivity contribution is 5.81. The van der Waals surface area contributed by atoms with E-state index in [2.05, 4.69) is 5.32 Å². The SMILES string of the molecule is COC(=O)[C@H](CCCc1ccc(OC)cc1)NC(=O)OC(C)(C)C. The molecule has 1 aromatic rings. The lowest BCUT2D eigenvalue weighted by molar-refractivity contribution is -0.143. The predicted molar refractivity (Wildman–Crippen MR) is 91.1 cm³/mol. The summed E-state index contributed by atoms with van der Waals surface area (Å²) in [6, 6.07) is 7.03. The van der Waals surface area contributed by atoms with Crippen molar-refractivity contribution in [1.29, 1.82) is 0 Å². The Labute approximate surface area is 143 Å². The number of alkyl carbamates (subject to hydrolysis) is 1. The molecule has 1 rings (SSSR count). The average molecular weight is 337 g/mol. The lowest BCUT2D eigenvalue weighted by Gasteiger charge is -2.22. The molecule has 0 spiro atoms. The van der Waals surface area contributed by atoms with E-state index in [4.69, 9.17) is 14.2 Å². The third-order valence-electron chi connectivity index (χ3n) is 3.29. The molecule has 0 bridgehead atoms. The molecule has 0 aliphatic rings. The van der Waals surface area contributed by atoms with Crippen molar-refractivity contribution in [2.24, 2.45) is 0 Å². The van der Waals surface area contributed by atoms with Gasteiger partial charge in [0.15, 0.2) is 0 Å². The fourth-order valence-electron chi connectivity index (χ4n) is 2.14. The van der Waals surface area contributed by atoms with Gasteiger partial charge in [0.2, 0.25) is 0 Å². The monoisotopic (exact) mass is 337 g/mol. The first-order valence-corrected chi connectivity index (χ1v) is 7.95. The molecule has 0 heterocycles. The zero-order valence-corrected chi connectivity index (χ0v) is 15.0. The van der Waals surface area contributed by atoms with Crippen molar-refractivity contribution in [3.63, 3.8) is 0 Å². The number of carbonyl (C=O) groups is 2. The van der Waals surface area contributed by atoms with Gasteiger partial charge in [-0.25, -0.2) is 9.59 Å². The van der Waals surface area contributed by atoms with Gasteiger partial charge in [-0.15, -0.1) is 0 Å². The lowest BCUT2D eigenvalue weighted by atomic mass is 10.0. The van der Waals surface area contributed by atoms with Crippen LogP contribution in [0.2, 0.25) is 0 Å². The third kappa shape index (κ3) is 7.35. The van der Waals surface area contributed by atoms with E-state index in [0.29, 0.717) is 6.42 Å². The van der Waals surface area contributed by atoms with Crippen molar-refractivity contribution in [2.45, 2.75) is 51.7 Å². The van der Waals surface area contributed by atoms with E-state index in [-0.39, 0.29) is 0 Å². The molecule has 1 N–H and O–H groups in total. The van der Waals surface area contributed by atoms with Gasteiger partial charge in [-0.3, -0.25) is 0 Å². The van der Waals surface area contributed by atoms with Crippen molar-refractivity contribution in [3.8, 4) is 5.75 Å². The number of hydrogen-bond acceptors (Lipinski definition) is 5. The summed E-state index contributed by atoms with van der Waals surface area (Å²) < 4.78 is 15.1. The first-order chi connectivity index (χ1) is 11.2. The number of esters is 1. The fourth-order valence-corrected chi connectivity index (χ4v) is 2.14. The smallest absolute Gasteiger partial charge is 0.408 e. The summed E-state index contributed by atoms with van der Waals surface area (Å²) in [6.45, 7) is 5.30. The molecule has 0 aliphatic carbocycles. The Hall–Kier alpha value is -2.24. The summed E-state index contributed by atoms with van der Waals surface area (Å²) in [5.74, 6) is 0.327. The molecule has 0 saturated carbocycles. The standard InChI is InChI=1S/C18H27NO5/c1-18(2,3)24-17(21)19-15(16(20)23-5)8-6-7-13-9-11-14(22-4)12-10-13/h9-12,15H,6-8H2,1-5H3,(H,19,21)/t15-/m0/s1. The normalized spacial score (nSPS) is 12.2. The number of amides is 1. The van der Waals surface area contributed by atoms with Crippen LogP contribution in [0.15, 0.2) is 24.3 Å². The highest BCUT2D eigenvalue weighted by Gasteiger charge is 2.24. The number of rotatable bonds is 7. The summed E-state index contributed by atoms with van der Waals surface area (Å²) in [7, 11) is 2.92. The number of hydrogen-bond donors (Lipinski definition) is 1. The second-order valence-corrected chi connectivity index (χ2v) is 6.46. The van der Waals surface area contributed by atoms with Crippen LogP contribution < -0.4 is 10.1 Å². The van der Waals surface area contributed by atoms with Gasteiger partial charge in [-0.05, 0) is 57.7 Å². The van der Waals surface area contributed by atoms with E-state index in [1.807, 2.05) is 24.3 Å². The first kappa shape index (κ1) is 19.8. The van der Waals surface area contributed by atoms with Crippen LogP contribution in [0.3, 0.4) is 0 Å². The predicted octanol–water partition coefficient (Wildman–Crippen LogP) is 3.08. The van der Waals surface area contributed by atoms with E-state index in [1.54, 1.807) is 27.9 Å². The highest BCUT2D eigenvalue weighted by Crippen LogP contribution is 2.14. The molecular formula is C18H27NO5. The molecule has 1 amide bonds. The lowest BCUT2D eigenvalue weighted by Crippen LogP contribution is -2.44. The fraction of sp³-hybridized carbons (Fsp3) is 0.556. The second-order valence-electron chi connectivity index (χ2n) is 6.46. The first-order valence-electron chi connectivity index (χ1n) is 7.95. The molecule has 6 nitrogen and oxygen atoms in total. The van der Waals surface area contributed by atoms with Crippen LogP contribution in [0.1, 0.15) is 39.2 Å². The van der Waals surface area contributed by atoms with E-state index >= 15 is 0 Å². The summed E-state index contributed by atoms with van der Waals surface area (Å²) in [6.07, 6.45) is 1.36. The molecule has 1 atom stereocenters. The molecule has 134 valence electrons. The summed E-state index contributed by atoms with van der Waals surface area (Å²) >= 11 is 0. The van der Waals surface area contributed by atoms with E-state index < -0.39 is 23.7 Å². The minimum Gasteiger partial charge on any atom is -0.497 e. The average Bonchev–Trinajstić information content (AvgIpc) is 2.52. The molecule has 0 radical (unpaired) electrons. The quantitative estimate of drug-likeness (QED) is 0.774. The maximum absolute atomic E-state index is 11.8. The Morgan fingerprint density at radius 3 is 2.25 bits per heavy atom. The van der Waals surface area contributed by atoms with Gasteiger partial charge in [-0.2, -0.15) is 0 Å². The van der Waals surface area contributed by atoms with Crippen molar-refractivity contribution in [2.75, 3.05) is 14.2 Å². The molecule has 0 fully saturated rings. The number of ether oxygens (including phenoxy) is 3. The van der Waals surface area contributed by atoms with Crippen LogP contribution >= 0.6 is 0 Å². The van der Waals surface area contributed by atoms with E-state index in [1.165, 1.54) is 7.11 Å². The van der Waals surface area contributed by atoms with Crippen LogP contribution in [0.5, 0.6) is 5.75 Å². The molecule has 24 heavy (non-hydrogen) atoms. The Kier molecular flexibility index (Phi) is 7.55. The van der Waals surface area contributed by atoms with Crippen LogP contribution in [-0.2, 0) is 20.7 Å². The molecule has 6 heteroatoms. The van der Waals surface area contributed by atoms with Gasteiger partial charge in [0.05, 0.1) is 14.2 Å². The van der Waals surface area contributed by atoms with Crippen molar-refractivity contribution in [3.05, 3.63) is 29.8 Å². The van der Waals surface area contributed by atoms with Gasteiger partial charge in [0.25, 0.3) is 0 Å². The van der Waals surface area contributed by atoms with Crippen LogP contribution in [0.25, 0.3) is 0 Å². The van der Waals surface area contributed by atoms with Crippen molar-refractivity contribution >= 4 is 12.1 Å². The Morgan fingerprint density at radius 2 is 1.75 bits per heavy atom. The Morgan fingerprint density at radius 1 is 1.12 bits per heavy atom. The maximum Gasteiger partial charge on any atom is 0.408 e. The topological polar surface area (TPSA) is 73.9 Å². The molecule has 0 saturated heterocycles. The molecule has 0 aliphatic heterocycles. The van der Waals surface area contributed by atoms with Gasteiger partial charge in [-0.1, -0.05) is 12.1 Å². The van der Waals surface area contributed by atoms with Crippen molar-refractivity contribution < 1.29 is 23.8 Å². The van der Waals surface area contributed by atoms with Gasteiger partial charge in [0.1, 0.15) is 17.4 Å². The molecule has 0 unspecified atom stereocenters. The second kappa shape index (κ2) is 9.15. The maximum atomic E-state index is 11.8. The number of benzene rings is 1. The summed E-state index contributed by atoms with van der Waals surface area (Å²) in [4.78, 5) is 23.7. The largest absolute Gasteiger partial charge is 0.497 e. The van der Waals surface area contributed by atoms with Crippen molar-refractivity contribution in [1.82, 2.24) is 5.32 Å². The number of nitrogens with one attached hydrogen (secondary N) is 1. The van der Waals surface area contributed by atoms with Crippen LogP contribution in [0, 0.1) is 0 Å². The number of carbonyl (C=O) groups excluding carboxylic acids is 2. The van der Waals surface area contributed by atoms with Crippen LogP contribution in [-0.4, -0.2) is 37.9 Å². The molecular weight excluding hydrogens is 310 g/mol. The van der Waals surface area contributed by atoms with Gasteiger partial charge in [0, 0.05) is 0 Å². The highest BCUT2D eigenvalue weighted by atomic mass is 16.6.